The van der Waals surface area contributed by atoms with Crippen LogP contribution in [-0.4, -0.2) is 10.8 Å². The Morgan fingerprint density at radius 2 is 2.12 bits per heavy atom. The Kier molecular flexibility index (Phi) is 2.50. The van der Waals surface area contributed by atoms with Gasteiger partial charge in [-0.1, -0.05) is 23.7 Å². The third-order valence-electron chi connectivity index (χ3n) is 2.64. The number of ketones is 1. The minimum absolute atomic E-state index is 0.0133. The van der Waals surface area contributed by atoms with Crippen LogP contribution in [0.5, 0.6) is 0 Å². The Hall–Kier alpha value is -1.58. The van der Waals surface area contributed by atoms with Gasteiger partial charge in [0.25, 0.3) is 0 Å². The van der Waals surface area contributed by atoms with Crippen LogP contribution in [-0.2, 0) is 0 Å². The first kappa shape index (κ1) is 10.6. The maximum Gasteiger partial charge on any atom is 0.205 e. The van der Waals surface area contributed by atoms with Crippen LogP contribution >= 0.6 is 22.9 Å². The highest BCUT2D eigenvalue weighted by Crippen LogP contribution is 2.28. The SMILES string of the molecule is O=C(c1cccs1)c1c[nH]c2cccc(Cl)c12. The number of fused-ring (bicyclic) bond motifs is 1. The molecule has 84 valence electrons. The summed E-state index contributed by atoms with van der Waals surface area (Å²) in [5.41, 5.74) is 1.52. The summed E-state index contributed by atoms with van der Waals surface area (Å²) in [6.07, 6.45) is 1.72. The predicted octanol–water partition coefficient (Wildman–Crippen LogP) is 4.11. The molecule has 0 unspecified atom stereocenters. The highest BCUT2D eigenvalue weighted by Gasteiger charge is 2.16. The van der Waals surface area contributed by atoms with Crippen LogP contribution in [0.3, 0.4) is 0 Å². The topological polar surface area (TPSA) is 32.9 Å². The second-order valence-electron chi connectivity index (χ2n) is 3.67. The van der Waals surface area contributed by atoms with Crippen LogP contribution < -0.4 is 0 Å². The molecule has 0 spiro atoms. The van der Waals surface area contributed by atoms with Crippen LogP contribution in [0.15, 0.2) is 41.9 Å². The lowest BCUT2D eigenvalue weighted by atomic mass is 10.1. The molecule has 0 aliphatic rings. The summed E-state index contributed by atoms with van der Waals surface area (Å²) < 4.78 is 0. The van der Waals surface area contributed by atoms with E-state index in [1.807, 2.05) is 29.6 Å². The molecule has 0 atom stereocenters. The van der Waals surface area contributed by atoms with Crippen molar-refractivity contribution >= 4 is 39.6 Å². The molecule has 0 amide bonds. The van der Waals surface area contributed by atoms with E-state index in [1.54, 1.807) is 12.3 Å². The standard InChI is InChI=1S/C13H8ClNOS/c14-9-3-1-4-10-12(9)8(7-15-10)13(16)11-5-2-6-17-11/h1-7,15H. The molecule has 0 saturated heterocycles. The second-order valence-corrected chi connectivity index (χ2v) is 5.03. The Labute approximate surface area is 107 Å². The average Bonchev–Trinajstić information content (AvgIpc) is 2.98. The molecular formula is C13H8ClNOS. The van der Waals surface area contributed by atoms with E-state index in [4.69, 9.17) is 11.6 Å². The molecule has 1 aromatic carbocycles. The normalized spacial score (nSPS) is 10.9. The van der Waals surface area contributed by atoms with Crippen LogP contribution in [0.2, 0.25) is 5.02 Å². The number of H-pyrrole nitrogens is 1. The summed E-state index contributed by atoms with van der Waals surface area (Å²) in [7, 11) is 0. The van der Waals surface area contributed by atoms with E-state index in [0.717, 1.165) is 15.8 Å². The number of nitrogens with one attached hydrogen (secondary N) is 1. The predicted molar refractivity (Wildman–Crippen MR) is 71.1 cm³/mol. The summed E-state index contributed by atoms with van der Waals surface area (Å²) in [5, 5.41) is 3.29. The van der Waals surface area contributed by atoms with Crippen molar-refractivity contribution in [2.45, 2.75) is 0 Å². The Balaban J connectivity index is 2.22. The van der Waals surface area contributed by atoms with Gasteiger partial charge in [0.2, 0.25) is 5.78 Å². The average molecular weight is 262 g/mol. The van der Waals surface area contributed by atoms with Gasteiger partial charge >= 0.3 is 0 Å². The van der Waals surface area contributed by atoms with E-state index in [2.05, 4.69) is 4.98 Å². The van der Waals surface area contributed by atoms with Crippen LogP contribution in [0, 0.1) is 0 Å². The minimum atomic E-state index is 0.0133. The fourth-order valence-corrected chi connectivity index (χ4v) is 2.81. The highest BCUT2D eigenvalue weighted by atomic mass is 35.5. The van der Waals surface area contributed by atoms with Crippen molar-refractivity contribution in [3.8, 4) is 0 Å². The van der Waals surface area contributed by atoms with Gasteiger partial charge in [-0.05, 0) is 23.6 Å². The van der Waals surface area contributed by atoms with Gasteiger partial charge in [0, 0.05) is 17.1 Å². The molecular weight excluding hydrogens is 254 g/mol. The van der Waals surface area contributed by atoms with Gasteiger partial charge in [0.05, 0.1) is 15.5 Å². The number of thiophene rings is 1. The number of benzene rings is 1. The number of aromatic amines is 1. The molecule has 2 aromatic heterocycles. The molecule has 0 aliphatic carbocycles. The number of carbonyl (C=O) groups is 1. The first-order valence-electron chi connectivity index (χ1n) is 5.11. The van der Waals surface area contributed by atoms with Gasteiger partial charge in [-0.2, -0.15) is 0 Å². The van der Waals surface area contributed by atoms with E-state index < -0.39 is 0 Å². The van der Waals surface area contributed by atoms with Crippen LogP contribution in [0.1, 0.15) is 15.2 Å². The van der Waals surface area contributed by atoms with Crippen LogP contribution in [0.25, 0.3) is 10.9 Å². The molecule has 0 fully saturated rings. The zero-order valence-electron chi connectivity index (χ0n) is 8.74. The monoisotopic (exact) mass is 261 g/mol. The third kappa shape index (κ3) is 1.68. The number of hydrogen-bond acceptors (Lipinski definition) is 2. The van der Waals surface area contributed by atoms with Gasteiger partial charge < -0.3 is 4.98 Å². The minimum Gasteiger partial charge on any atom is -0.360 e. The summed E-state index contributed by atoms with van der Waals surface area (Å²) in [6, 6.07) is 9.26. The van der Waals surface area contributed by atoms with Crippen LogP contribution in [0.4, 0.5) is 0 Å². The van der Waals surface area contributed by atoms with Crippen molar-refractivity contribution in [2.24, 2.45) is 0 Å². The summed E-state index contributed by atoms with van der Waals surface area (Å²) in [4.78, 5) is 16.1. The first-order valence-corrected chi connectivity index (χ1v) is 6.37. The molecule has 3 rings (SSSR count). The largest absolute Gasteiger partial charge is 0.360 e. The zero-order valence-corrected chi connectivity index (χ0v) is 10.3. The quantitative estimate of drug-likeness (QED) is 0.692. The van der Waals surface area contributed by atoms with Crippen molar-refractivity contribution in [2.75, 3.05) is 0 Å². The number of hydrogen-bond donors (Lipinski definition) is 1. The molecule has 2 nitrogen and oxygen atoms in total. The smallest absolute Gasteiger partial charge is 0.205 e. The lowest BCUT2D eigenvalue weighted by Gasteiger charge is -1.98. The van der Waals surface area contributed by atoms with Crippen molar-refractivity contribution in [3.63, 3.8) is 0 Å². The lowest BCUT2D eigenvalue weighted by Crippen LogP contribution is -1.96. The Morgan fingerprint density at radius 3 is 2.88 bits per heavy atom. The fraction of sp³-hybridized carbons (Fsp3) is 0. The second kappa shape index (κ2) is 4.02. The summed E-state index contributed by atoms with van der Waals surface area (Å²) in [6.45, 7) is 0. The van der Waals surface area contributed by atoms with Crippen molar-refractivity contribution in [1.82, 2.24) is 4.98 Å². The van der Waals surface area contributed by atoms with Gasteiger partial charge in [-0.15, -0.1) is 11.3 Å². The number of rotatable bonds is 2. The van der Waals surface area contributed by atoms with Crippen molar-refractivity contribution in [1.29, 1.82) is 0 Å². The molecule has 1 N–H and O–H groups in total. The van der Waals surface area contributed by atoms with Gasteiger partial charge in [-0.3, -0.25) is 4.79 Å². The molecule has 0 aliphatic heterocycles. The number of halogens is 1. The lowest BCUT2D eigenvalue weighted by molar-refractivity contribution is 0.104. The molecule has 2 heterocycles. The maximum atomic E-state index is 12.3. The third-order valence-corrected chi connectivity index (χ3v) is 3.83. The van der Waals surface area contributed by atoms with Crippen molar-refractivity contribution in [3.05, 3.63) is 57.4 Å². The number of aromatic nitrogens is 1. The molecule has 17 heavy (non-hydrogen) atoms. The maximum absolute atomic E-state index is 12.3. The van der Waals surface area contributed by atoms with E-state index in [-0.39, 0.29) is 5.78 Å². The zero-order chi connectivity index (χ0) is 11.8. The fourth-order valence-electron chi connectivity index (χ4n) is 1.86. The van der Waals surface area contributed by atoms with Gasteiger partial charge in [-0.25, -0.2) is 0 Å². The summed E-state index contributed by atoms with van der Waals surface area (Å²) >= 11 is 7.58. The van der Waals surface area contributed by atoms with E-state index >= 15 is 0 Å². The molecule has 3 aromatic rings. The Morgan fingerprint density at radius 1 is 1.24 bits per heavy atom. The van der Waals surface area contributed by atoms with E-state index in [0.29, 0.717) is 10.6 Å². The highest BCUT2D eigenvalue weighted by molar-refractivity contribution is 7.12. The van der Waals surface area contributed by atoms with Gasteiger partial charge in [0.15, 0.2) is 0 Å². The molecule has 0 bridgehead atoms. The van der Waals surface area contributed by atoms with Gasteiger partial charge in [0.1, 0.15) is 0 Å². The van der Waals surface area contributed by atoms with E-state index in [9.17, 15) is 4.79 Å². The molecule has 0 radical (unpaired) electrons. The first-order chi connectivity index (χ1) is 8.27. The number of carbonyl (C=O) groups excluding carboxylic acids is 1. The Bertz CT molecular complexity index is 685. The molecule has 4 heteroatoms. The van der Waals surface area contributed by atoms with Crippen molar-refractivity contribution < 1.29 is 4.79 Å². The molecule has 0 saturated carbocycles. The summed E-state index contributed by atoms with van der Waals surface area (Å²) in [5.74, 6) is 0.0133. The van der Waals surface area contributed by atoms with E-state index in [1.165, 1.54) is 11.3 Å².